The predicted octanol–water partition coefficient (Wildman–Crippen LogP) is 1.98. The number of aromatic nitrogens is 1. The molecule has 4 nitrogen and oxygen atoms in total. The molecule has 1 aromatic heterocycles. The lowest BCUT2D eigenvalue weighted by molar-refractivity contribution is 0.0742. The maximum Gasteiger partial charge on any atom is 0.265 e. The van der Waals surface area contributed by atoms with E-state index in [4.69, 9.17) is 0 Å². The first-order chi connectivity index (χ1) is 7.76. The number of anilines is 1. The molecule has 0 unspecified atom stereocenters. The molecule has 0 fully saturated rings. The highest BCUT2D eigenvalue weighted by atomic mass is 32.1. The molecule has 0 saturated heterocycles. The van der Waals surface area contributed by atoms with Crippen LogP contribution in [0.15, 0.2) is 0 Å². The van der Waals surface area contributed by atoms with Gasteiger partial charge in [-0.2, -0.15) is 0 Å². The van der Waals surface area contributed by atoms with Crippen molar-refractivity contribution < 1.29 is 4.79 Å². The lowest BCUT2D eigenvalue weighted by Gasteiger charge is -2.25. The van der Waals surface area contributed by atoms with Gasteiger partial charge < -0.3 is 10.2 Å². The summed E-state index contributed by atoms with van der Waals surface area (Å²) in [5.74, 6) is 0.161. The minimum absolute atomic E-state index is 0.161. The Hall–Kier alpha value is -1.10. The van der Waals surface area contributed by atoms with Crippen molar-refractivity contribution in [1.29, 1.82) is 0 Å². The second kappa shape index (κ2) is 4.82. The zero-order chi connectivity index (χ0) is 11.5. The fourth-order valence-corrected chi connectivity index (χ4v) is 2.78. The Labute approximate surface area is 99.7 Å². The molecule has 0 aliphatic carbocycles. The summed E-state index contributed by atoms with van der Waals surface area (Å²) in [6.07, 6.45) is 3.10. The minimum atomic E-state index is 0.161. The van der Waals surface area contributed by atoms with Gasteiger partial charge in [0.05, 0.1) is 5.69 Å². The van der Waals surface area contributed by atoms with Crippen LogP contribution in [0.25, 0.3) is 0 Å². The van der Waals surface area contributed by atoms with E-state index in [1.807, 2.05) is 11.9 Å². The minimum Gasteiger partial charge on any atom is -0.365 e. The predicted molar refractivity (Wildman–Crippen MR) is 66.2 cm³/mol. The average molecular weight is 239 g/mol. The van der Waals surface area contributed by atoms with Gasteiger partial charge in [0.1, 0.15) is 4.88 Å². The Balaban J connectivity index is 2.14. The summed E-state index contributed by atoms with van der Waals surface area (Å²) in [5, 5.41) is 3.84. The molecule has 0 atom stereocenters. The molecule has 2 rings (SSSR count). The number of fused-ring (bicyclic) bond motifs is 1. The van der Waals surface area contributed by atoms with Gasteiger partial charge in [-0.3, -0.25) is 4.79 Å². The second-order valence-corrected chi connectivity index (χ2v) is 4.94. The average Bonchev–Trinajstić information content (AvgIpc) is 2.72. The first-order valence-corrected chi connectivity index (χ1v) is 6.54. The molecule has 88 valence electrons. The van der Waals surface area contributed by atoms with E-state index in [2.05, 4.69) is 17.2 Å². The normalized spacial score (nSPS) is 15.1. The zero-order valence-corrected chi connectivity index (χ0v) is 10.6. The number of hydrogen-bond acceptors (Lipinski definition) is 4. The van der Waals surface area contributed by atoms with Gasteiger partial charge in [0, 0.05) is 26.6 Å². The molecule has 0 aromatic carbocycles. The Kier molecular flexibility index (Phi) is 3.43. The quantitative estimate of drug-likeness (QED) is 0.874. The zero-order valence-electron chi connectivity index (χ0n) is 9.75. The van der Waals surface area contributed by atoms with E-state index in [-0.39, 0.29) is 5.91 Å². The molecule has 1 aromatic rings. The maximum atomic E-state index is 12.1. The highest BCUT2D eigenvalue weighted by Crippen LogP contribution is 2.27. The number of rotatable bonds is 4. The SMILES string of the molecule is CCCCN1CCc2nc(NC)sc2C1=O. The van der Waals surface area contributed by atoms with E-state index >= 15 is 0 Å². The summed E-state index contributed by atoms with van der Waals surface area (Å²) in [6.45, 7) is 3.84. The third-order valence-corrected chi connectivity index (χ3v) is 3.90. The third-order valence-electron chi connectivity index (χ3n) is 2.79. The lowest BCUT2D eigenvalue weighted by Crippen LogP contribution is -2.37. The first-order valence-electron chi connectivity index (χ1n) is 5.73. The molecule has 1 aliphatic rings. The van der Waals surface area contributed by atoms with Crippen LogP contribution >= 0.6 is 11.3 Å². The van der Waals surface area contributed by atoms with Gasteiger partial charge in [0.15, 0.2) is 5.13 Å². The summed E-state index contributed by atoms with van der Waals surface area (Å²) < 4.78 is 0. The van der Waals surface area contributed by atoms with Crippen molar-refractivity contribution in [2.75, 3.05) is 25.5 Å². The molecule has 0 saturated carbocycles. The van der Waals surface area contributed by atoms with Crippen molar-refractivity contribution >= 4 is 22.4 Å². The molecule has 1 aliphatic heterocycles. The van der Waals surface area contributed by atoms with Crippen molar-refractivity contribution in [1.82, 2.24) is 9.88 Å². The fourth-order valence-electron chi connectivity index (χ4n) is 1.84. The van der Waals surface area contributed by atoms with Crippen LogP contribution in [0.4, 0.5) is 5.13 Å². The fraction of sp³-hybridized carbons (Fsp3) is 0.636. The summed E-state index contributed by atoms with van der Waals surface area (Å²) in [4.78, 5) is 19.3. The standard InChI is InChI=1S/C11H17N3OS/c1-3-4-6-14-7-5-8-9(10(14)15)16-11(12-2)13-8/h3-7H2,1-2H3,(H,12,13). The summed E-state index contributed by atoms with van der Waals surface area (Å²) in [6, 6.07) is 0. The Morgan fingerprint density at radius 2 is 2.38 bits per heavy atom. The number of amides is 1. The van der Waals surface area contributed by atoms with Gasteiger partial charge >= 0.3 is 0 Å². The number of carbonyl (C=O) groups is 1. The Morgan fingerprint density at radius 1 is 1.56 bits per heavy atom. The van der Waals surface area contributed by atoms with Gasteiger partial charge in [-0.1, -0.05) is 24.7 Å². The van der Waals surface area contributed by atoms with Crippen LogP contribution in [0.5, 0.6) is 0 Å². The monoisotopic (exact) mass is 239 g/mol. The van der Waals surface area contributed by atoms with Gasteiger partial charge in [-0.25, -0.2) is 4.98 Å². The van der Waals surface area contributed by atoms with Crippen LogP contribution in [-0.4, -0.2) is 35.9 Å². The van der Waals surface area contributed by atoms with Gasteiger partial charge in [0.2, 0.25) is 0 Å². The molecular weight excluding hydrogens is 222 g/mol. The molecule has 0 radical (unpaired) electrons. The van der Waals surface area contributed by atoms with E-state index in [0.29, 0.717) is 0 Å². The van der Waals surface area contributed by atoms with Gasteiger partial charge in [-0.15, -0.1) is 0 Å². The molecule has 0 spiro atoms. The smallest absolute Gasteiger partial charge is 0.265 e. The Bertz CT molecular complexity index is 389. The summed E-state index contributed by atoms with van der Waals surface area (Å²) in [5.41, 5.74) is 0.965. The van der Waals surface area contributed by atoms with E-state index in [1.54, 1.807) is 0 Å². The molecule has 5 heteroatoms. The van der Waals surface area contributed by atoms with Crippen LogP contribution in [0.1, 0.15) is 35.1 Å². The van der Waals surface area contributed by atoms with Crippen molar-refractivity contribution in [3.63, 3.8) is 0 Å². The third kappa shape index (κ3) is 2.04. The van der Waals surface area contributed by atoms with E-state index in [9.17, 15) is 4.79 Å². The van der Waals surface area contributed by atoms with Crippen LogP contribution in [0.3, 0.4) is 0 Å². The van der Waals surface area contributed by atoms with Gasteiger partial charge in [-0.05, 0) is 6.42 Å². The van der Waals surface area contributed by atoms with Crippen molar-refractivity contribution in [3.05, 3.63) is 10.6 Å². The molecule has 0 bridgehead atoms. The lowest BCUT2D eigenvalue weighted by atomic mass is 10.1. The largest absolute Gasteiger partial charge is 0.365 e. The highest BCUT2D eigenvalue weighted by molar-refractivity contribution is 7.17. The molecule has 1 N–H and O–H groups in total. The number of carbonyl (C=O) groups excluding carboxylic acids is 1. The van der Waals surface area contributed by atoms with Crippen LogP contribution in [0.2, 0.25) is 0 Å². The highest BCUT2D eigenvalue weighted by Gasteiger charge is 2.27. The number of unbranched alkanes of at least 4 members (excludes halogenated alkanes) is 1. The second-order valence-electron chi connectivity index (χ2n) is 3.94. The maximum absolute atomic E-state index is 12.1. The molecule has 1 amide bonds. The molecular formula is C11H17N3OS. The Morgan fingerprint density at radius 3 is 3.06 bits per heavy atom. The first kappa shape index (κ1) is 11.4. The van der Waals surface area contributed by atoms with E-state index in [0.717, 1.165) is 48.1 Å². The number of nitrogens with one attached hydrogen (secondary N) is 1. The summed E-state index contributed by atoms with van der Waals surface area (Å²) >= 11 is 1.47. The number of thiazole rings is 1. The topological polar surface area (TPSA) is 45.2 Å². The summed E-state index contributed by atoms with van der Waals surface area (Å²) in [7, 11) is 1.84. The van der Waals surface area contributed by atoms with E-state index in [1.165, 1.54) is 11.3 Å². The number of nitrogens with zero attached hydrogens (tertiary/aromatic N) is 2. The van der Waals surface area contributed by atoms with E-state index < -0.39 is 0 Å². The van der Waals surface area contributed by atoms with Crippen molar-refractivity contribution in [2.45, 2.75) is 26.2 Å². The number of hydrogen-bond donors (Lipinski definition) is 1. The van der Waals surface area contributed by atoms with Crippen molar-refractivity contribution in [3.8, 4) is 0 Å². The van der Waals surface area contributed by atoms with Crippen LogP contribution in [-0.2, 0) is 6.42 Å². The van der Waals surface area contributed by atoms with Crippen molar-refractivity contribution in [2.24, 2.45) is 0 Å². The molecule has 2 heterocycles. The van der Waals surface area contributed by atoms with Gasteiger partial charge in [0.25, 0.3) is 5.91 Å². The van der Waals surface area contributed by atoms with Crippen LogP contribution in [0, 0.1) is 0 Å². The molecule has 16 heavy (non-hydrogen) atoms. The van der Waals surface area contributed by atoms with Crippen LogP contribution < -0.4 is 5.32 Å².